The number of anilines is 1. The minimum atomic E-state index is -0.295. The molecule has 2 fully saturated rings. The van der Waals surface area contributed by atoms with E-state index in [2.05, 4.69) is 10.1 Å². The number of rotatable bonds is 3. The summed E-state index contributed by atoms with van der Waals surface area (Å²) in [5, 5.41) is 4.22. The molecule has 3 aromatic rings. The highest BCUT2D eigenvalue weighted by atomic mass is 16.2. The van der Waals surface area contributed by atoms with Gasteiger partial charge < -0.3 is 4.90 Å². The highest BCUT2D eigenvalue weighted by Gasteiger charge is 2.52. The zero-order valence-electron chi connectivity index (χ0n) is 14.0. The zero-order chi connectivity index (χ0) is 17.7. The average Bonchev–Trinajstić information content (AvgIpc) is 3.36. The minimum absolute atomic E-state index is 0.0770. The second-order valence-corrected chi connectivity index (χ2v) is 6.78. The molecule has 1 aromatic carbocycles. The molecule has 0 radical (unpaired) electrons. The van der Waals surface area contributed by atoms with Crippen molar-refractivity contribution in [1.82, 2.24) is 19.5 Å². The van der Waals surface area contributed by atoms with Gasteiger partial charge in [0.2, 0.25) is 11.8 Å². The molecule has 0 N–H and O–H groups in total. The lowest BCUT2D eigenvalue weighted by molar-refractivity contribution is -0.140. The SMILES string of the molecule is O=C1C2CN(c3nccn4nccc34)CC2C(=O)N1Cc1ccccc1. The van der Waals surface area contributed by atoms with E-state index < -0.39 is 0 Å². The van der Waals surface area contributed by atoms with E-state index in [9.17, 15) is 9.59 Å². The summed E-state index contributed by atoms with van der Waals surface area (Å²) in [5.74, 6) is 0.0283. The van der Waals surface area contributed by atoms with Crippen LogP contribution in [0.4, 0.5) is 5.82 Å². The van der Waals surface area contributed by atoms with Gasteiger partial charge in [-0.3, -0.25) is 14.5 Å². The van der Waals surface area contributed by atoms with Crippen LogP contribution in [0.25, 0.3) is 5.52 Å². The van der Waals surface area contributed by atoms with Crippen LogP contribution in [0.3, 0.4) is 0 Å². The zero-order valence-corrected chi connectivity index (χ0v) is 14.0. The number of aromatic nitrogens is 3. The van der Waals surface area contributed by atoms with E-state index in [-0.39, 0.29) is 23.7 Å². The first-order valence-corrected chi connectivity index (χ1v) is 8.65. The largest absolute Gasteiger partial charge is 0.353 e. The van der Waals surface area contributed by atoms with Crippen LogP contribution in [0.15, 0.2) is 55.0 Å². The number of benzene rings is 1. The number of amides is 2. The molecule has 2 atom stereocenters. The lowest BCUT2D eigenvalue weighted by Gasteiger charge is -2.22. The molecule has 0 saturated carbocycles. The van der Waals surface area contributed by atoms with Crippen molar-refractivity contribution in [3.05, 3.63) is 60.6 Å². The number of likely N-dealkylation sites (tertiary alicyclic amines) is 1. The highest BCUT2D eigenvalue weighted by molar-refractivity contribution is 6.06. The summed E-state index contributed by atoms with van der Waals surface area (Å²) in [5.41, 5.74) is 1.85. The Labute approximate surface area is 149 Å². The summed E-state index contributed by atoms with van der Waals surface area (Å²) in [6, 6.07) is 11.5. The van der Waals surface area contributed by atoms with E-state index in [1.165, 1.54) is 4.90 Å². The standard InChI is InChI=1S/C19H17N5O2/c25-18-14-11-22(17-16-6-7-21-24(16)9-8-20-17)12-15(14)19(26)23(18)10-13-4-2-1-3-5-13/h1-9,14-15H,10-12H2. The van der Waals surface area contributed by atoms with Gasteiger partial charge in [0.1, 0.15) is 5.52 Å². The third-order valence-electron chi connectivity index (χ3n) is 5.27. The van der Waals surface area contributed by atoms with Crippen LogP contribution in [0.1, 0.15) is 5.56 Å². The first-order chi connectivity index (χ1) is 12.7. The van der Waals surface area contributed by atoms with Gasteiger partial charge in [0.25, 0.3) is 0 Å². The van der Waals surface area contributed by atoms with Crippen LogP contribution in [-0.4, -0.2) is 44.4 Å². The molecule has 2 aromatic heterocycles. The first kappa shape index (κ1) is 15.1. The molecule has 7 heteroatoms. The number of fused-ring (bicyclic) bond motifs is 2. The summed E-state index contributed by atoms with van der Waals surface area (Å²) in [6.07, 6.45) is 5.19. The molecule has 0 spiro atoms. The second kappa shape index (κ2) is 5.66. The molecule has 0 aliphatic carbocycles. The molecule has 26 heavy (non-hydrogen) atoms. The van der Waals surface area contributed by atoms with Crippen LogP contribution >= 0.6 is 0 Å². The van der Waals surface area contributed by atoms with Crippen molar-refractivity contribution in [2.75, 3.05) is 18.0 Å². The maximum absolute atomic E-state index is 12.8. The summed E-state index contributed by atoms with van der Waals surface area (Å²) >= 11 is 0. The van der Waals surface area contributed by atoms with Crippen molar-refractivity contribution < 1.29 is 9.59 Å². The van der Waals surface area contributed by atoms with E-state index in [1.54, 1.807) is 23.1 Å². The molecule has 4 heterocycles. The van der Waals surface area contributed by atoms with Gasteiger partial charge in [-0.05, 0) is 11.6 Å². The lowest BCUT2D eigenvalue weighted by Crippen LogP contribution is -2.36. The van der Waals surface area contributed by atoms with E-state index in [0.29, 0.717) is 19.6 Å². The Morgan fingerprint density at radius 3 is 2.42 bits per heavy atom. The number of nitrogens with zero attached hydrogens (tertiary/aromatic N) is 5. The molecule has 2 aliphatic rings. The van der Waals surface area contributed by atoms with E-state index >= 15 is 0 Å². The Hall–Kier alpha value is -3.22. The molecule has 2 amide bonds. The van der Waals surface area contributed by atoms with Crippen LogP contribution in [0, 0.1) is 11.8 Å². The molecular formula is C19H17N5O2. The van der Waals surface area contributed by atoms with Gasteiger partial charge in [-0.25, -0.2) is 9.50 Å². The number of hydrogen-bond donors (Lipinski definition) is 0. The Morgan fingerprint density at radius 1 is 0.962 bits per heavy atom. The molecule has 2 saturated heterocycles. The van der Waals surface area contributed by atoms with Crippen molar-refractivity contribution in [3.8, 4) is 0 Å². The fourth-order valence-corrected chi connectivity index (χ4v) is 3.99. The normalized spacial score (nSPS) is 22.5. The number of carbonyl (C=O) groups is 2. The van der Waals surface area contributed by atoms with Crippen LogP contribution < -0.4 is 4.90 Å². The van der Waals surface area contributed by atoms with Crippen molar-refractivity contribution in [3.63, 3.8) is 0 Å². The van der Waals surface area contributed by atoms with Crippen molar-refractivity contribution in [2.24, 2.45) is 11.8 Å². The van der Waals surface area contributed by atoms with E-state index in [0.717, 1.165) is 16.9 Å². The van der Waals surface area contributed by atoms with Gasteiger partial charge in [-0.2, -0.15) is 5.10 Å². The van der Waals surface area contributed by atoms with Crippen LogP contribution in [0.5, 0.6) is 0 Å². The highest BCUT2D eigenvalue weighted by Crippen LogP contribution is 2.36. The molecular weight excluding hydrogens is 330 g/mol. The third-order valence-corrected chi connectivity index (χ3v) is 5.27. The monoisotopic (exact) mass is 347 g/mol. The second-order valence-electron chi connectivity index (χ2n) is 6.78. The molecule has 7 nitrogen and oxygen atoms in total. The quantitative estimate of drug-likeness (QED) is 0.669. The fraction of sp³-hybridized carbons (Fsp3) is 0.263. The maximum atomic E-state index is 12.8. The molecule has 5 rings (SSSR count). The van der Waals surface area contributed by atoms with Gasteiger partial charge in [-0.15, -0.1) is 0 Å². The Balaban J connectivity index is 1.39. The van der Waals surface area contributed by atoms with E-state index in [1.807, 2.05) is 41.3 Å². The van der Waals surface area contributed by atoms with Gasteiger partial charge in [-0.1, -0.05) is 30.3 Å². The van der Waals surface area contributed by atoms with Gasteiger partial charge >= 0.3 is 0 Å². The smallest absolute Gasteiger partial charge is 0.235 e. The molecule has 2 aliphatic heterocycles. The Bertz CT molecular complexity index is 975. The minimum Gasteiger partial charge on any atom is -0.353 e. The summed E-state index contributed by atoms with van der Waals surface area (Å²) < 4.78 is 1.75. The fourth-order valence-electron chi connectivity index (χ4n) is 3.99. The Kier molecular flexibility index (Phi) is 3.28. The van der Waals surface area contributed by atoms with Crippen molar-refractivity contribution in [1.29, 1.82) is 0 Å². The van der Waals surface area contributed by atoms with Crippen molar-refractivity contribution >= 4 is 23.1 Å². The van der Waals surface area contributed by atoms with E-state index in [4.69, 9.17) is 0 Å². The lowest BCUT2D eigenvalue weighted by atomic mass is 10.00. The number of hydrogen-bond acceptors (Lipinski definition) is 5. The average molecular weight is 347 g/mol. The van der Waals surface area contributed by atoms with Crippen LogP contribution in [0.2, 0.25) is 0 Å². The summed E-state index contributed by atoms with van der Waals surface area (Å²) in [6.45, 7) is 1.37. The Morgan fingerprint density at radius 2 is 1.69 bits per heavy atom. The van der Waals surface area contributed by atoms with Gasteiger partial charge in [0.15, 0.2) is 5.82 Å². The molecule has 2 unspecified atom stereocenters. The maximum Gasteiger partial charge on any atom is 0.235 e. The number of carbonyl (C=O) groups excluding carboxylic acids is 2. The third kappa shape index (κ3) is 2.20. The van der Waals surface area contributed by atoms with Gasteiger partial charge in [0, 0.05) is 25.5 Å². The van der Waals surface area contributed by atoms with Gasteiger partial charge in [0.05, 0.1) is 24.6 Å². The molecule has 0 bridgehead atoms. The summed E-state index contributed by atoms with van der Waals surface area (Å²) in [4.78, 5) is 33.6. The topological polar surface area (TPSA) is 70.8 Å². The predicted molar refractivity (Wildman–Crippen MR) is 94.2 cm³/mol. The van der Waals surface area contributed by atoms with Crippen LogP contribution in [-0.2, 0) is 16.1 Å². The number of imide groups is 1. The molecule has 130 valence electrons. The summed E-state index contributed by atoms with van der Waals surface area (Å²) in [7, 11) is 0. The van der Waals surface area contributed by atoms with Crippen molar-refractivity contribution in [2.45, 2.75) is 6.54 Å². The first-order valence-electron chi connectivity index (χ1n) is 8.65. The predicted octanol–water partition coefficient (Wildman–Crippen LogP) is 1.35.